The Kier molecular flexibility index (Phi) is 3.01. The van der Waals surface area contributed by atoms with Crippen molar-refractivity contribution in [3.8, 4) is 0 Å². The van der Waals surface area contributed by atoms with Crippen LogP contribution in [-0.4, -0.2) is 21.1 Å². The quantitative estimate of drug-likeness (QED) is 0.645. The second-order valence-corrected chi connectivity index (χ2v) is 3.81. The van der Waals surface area contributed by atoms with Crippen molar-refractivity contribution in [1.82, 2.24) is 14.9 Å². The first-order valence-corrected chi connectivity index (χ1v) is 5.28. The maximum Gasteiger partial charge on any atom is 0.296 e. The number of aromatic nitrogens is 3. The Morgan fingerprint density at radius 3 is 2.94 bits per heavy atom. The molecule has 0 amide bonds. The lowest BCUT2D eigenvalue weighted by Crippen LogP contribution is -2.22. The highest BCUT2D eigenvalue weighted by Gasteiger charge is 2.01. The Bertz CT molecular complexity index is 680. The second-order valence-electron chi connectivity index (χ2n) is 3.42. The van der Waals surface area contributed by atoms with Crippen LogP contribution < -0.4 is 5.56 Å². The van der Waals surface area contributed by atoms with E-state index in [1.165, 1.54) is 6.21 Å². The fourth-order valence-corrected chi connectivity index (χ4v) is 1.39. The van der Waals surface area contributed by atoms with Gasteiger partial charge in [-0.1, -0.05) is 0 Å². The molecule has 2 aromatic heterocycles. The molecule has 88 valence electrons. The first-order chi connectivity index (χ1) is 8.08. The van der Waals surface area contributed by atoms with E-state index in [2.05, 4.69) is 15.3 Å². The molecule has 0 fully saturated rings. The lowest BCUT2D eigenvalue weighted by atomic mass is 10.4. The van der Waals surface area contributed by atoms with Gasteiger partial charge < -0.3 is 4.42 Å². The normalized spacial score (nSPS) is 11.2. The van der Waals surface area contributed by atoms with Crippen LogP contribution in [0.25, 0.3) is 0 Å². The molecular weight excluding hydrogens is 240 g/mol. The molecule has 0 spiro atoms. The highest BCUT2D eigenvalue weighted by molar-refractivity contribution is 7.71. The first-order valence-electron chi connectivity index (χ1n) is 4.87. The Hall–Kier alpha value is -2.02. The second kappa shape index (κ2) is 4.46. The van der Waals surface area contributed by atoms with Gasteiger partial charge in [-0.3, -0.25) is 9.89 Å². The highest BCUT2D eigenvalue weighted by atomic mass is 32.1. The standard InChI is InChI=1S/C10H10N4O2S/c1-6-3-4-8(16-6)5-11-14-9(15)7(2)12-13-10(14)17/h3-5H,1-2H3,(H,13,17). The smallest absolute Gasteiger partial charge is 0.296 e. The third kappa shape index (κ3) is 2.39. The van der Waals surface area contributed by atoms with Gasteiger partial charge >= 0.3 is 0 Å². The number of aromatic amines is 1. The molecule has 0 saturated heterocycles. The molecule has 2 rings (SSSR count). The number of H-pyrrole nitrogens is 1. The minimum Gasteiger partial charge on any atom is -0.460 e. The molecule has 0 aliphatic rings. The zero-order chi connectivity index (χ0) is 12.4. The van der Waals surface area contributed by atoms with E-state index in [1.54, 1.807) is 13.0 Å². The van der Waals surface area contributed by atoms with E-state index in [9.17, 15) is 4.79 Å². The Balaban J connectivity index is 2.43. The van der Waals surface area contributed by atoms with Crippen LogP contribution in [0.4, 0.5) is 0 Å². The summed E-state index contributed by atoms with van der Waals surface area (Å²) in [5.41, 5.74) is -0.0559. The van der Waals surface area contributed by atoms with Gasteiger partial charge in [-0.2, -0.15) is 14.9 Å². The molecule has 0 aliphatic heterocycles. The van der Waals surface area contributed by atoms with Crippen LogP contribution in [0.5, 0.6) is 0 Å². The predicted octanol–water partition coefficient (Wildman–Crippen LogP) is 1.39. The fourth-order valence-electron chi connectivity index (χ4n) is 1.21. The molecule has 2 heterocycles. The van der Waals surface area contributed by atoms with E-state index in [1.807, 2.05) is 13.0 Å². The fraction of sp³-hybridized carbons (Fsp3) is 0.200. The third-order valence-electron chi connectivity index (χ3n) is 2.08. The monoisotopic (exact) mass is 250 g/mol. The van der Waals surface area contributed by atoms with Gasteiger partial charge in [0.1, 0.15) is 17.2 Å². The van der Waals surface area contributed by atoms with E-state index >= 15 is 0 Å². The van der Waals surface area contributed by atoms with Gasteiger partial charge in [-0.05, 0) is 38.2 Å². The van der Waals surface area contributed by atoms with E-state index in [0.717, 1.165) is 10.4 Å². The van der Waals surface area contributed by atoms with Gasteiger partial charge in [0.2, 0.25) is 4.77 Å². The summed E-state index contributed by atoms with van der Waals surface area (Å²) in [5.74, 6) is 1.33. The Morgan fingerprint density at radius 2 is 2.29 bits per heavy atom. The van der Waals surface area contributed by atoms with E-state index < -0.39 is 0 Å². The summed E-state index contributed by atoms with van der Waals surface area (Å²) in [7, 11) is 0. The molecule has 0 saturated carbocycles. The summed E-state index contributed by atoms with van der Waals surface area (Å²) >= 11 is 4.92. The van der Waals surface area contributed by atoms with Crippen molar-refractivity contribution in [3.63, 3.8) is 0 Å². The van der Waals surface area contributed by atoms with Crippen molar-refractivity contribution in [2.24, 2.45) is 5.10 Å². The molecule has 17 heavy (non-hydrogen) atoms. The zero-order valence-electron chi connectivity index (χ0n) is 9.30. The summed E-state index contributed by atoms with van der Waals surface area (Å²) in [5, 5.41) is 10.2. The average molecular weight is 250 g/mol. The molecule has 0 bridgehead atoms. The number of rotatable bonds is 2. The minimum absolute atomic E-state index is 0.139. The number of aryl methyl sites for hydroxylation is 2. The highest BCUT2D eigenvalue weighted by Crippen LogP contribution is 2.03. The van der Waals surface area contributed by atoms with Crippen molar-refractivity contribution in [1.29, 1.82) is 0 Å². The number of hydrogen-bond donors (Lipinski definition) is 1. The van der Waals surface area contributed by atoms with Gasteiger partial charge in [0, 0.05) is 0 Å². The largest absolute Gasteiger partial charge is 0.460 e. The lowest BCUT2D eigenvalue weighted by Gasteiger charge is -1.97. The van der Waals surface area contributed by atoms with Crippen LogP contribution in [0.2, 0.25) is 0 Å². The average Bonchev–Trinajstić information content (AvgIpc) is 2.70. The predicted molar refractivity (Wildman–Crippen MR) is 64.9 cm³/mol. The molecule has 6 nitrogen and oxygen atoms in total. The van der Waals surface area contributed by atoms with E-state index in [0.29, 0.717) is 11.5 Å². The third-order valence-corrected chi connectivity index (χ3v) is 2.34. The van der Waals surface area contributed by atoms with Gasteiger partial charge in [-0.25, -0.2) is 0 Å². The van der Waals surface area contributed by atoms with Crippen molar-refractivity contribution in [3.05, 3.63) is 44.5 Å². The van der Waals surface area contributed by atoms with Gasteiger partial charge in [-0.15, -0.1) is 0 Å². The van der Waals surface area contributed by atoms with Crippen molar-refractivity contribution >= 4 is 18.4 Å². The number of hydrogen-bond acceptors (Lipinski definition) is 5. The number of furan rings is 1. The Labute approximate surface area is 102 Å². The molecule has 2 aromatic rings. The molecule has 1 N–H and O–H groups in total. The molecule has 0 radical (unpaired) electrons. The summed E-state index contributed by atoms with van der Waals surface area (Å²) in [6.45, 7) is 3.41. The number of nitrogens with zero attached hydrogens (tertiary/aromatic N) is 3. The SMILES string of the molecule is Cc1ccc(C=Nn2c(=S)[nH]nc(C)c2=O)o1. The van der Waals surface area contributed by atoms with Crippen molar-refractivity contribution in [2.45, 2.75) is 13.8 Å². The van der Waals surface area contributed by atoms with E-state index in [-0.39, 0.29) is 10.3 Å². The molecule has 7 heteroatoms. The van der Waals surface area contributed by atoms with E-state index in [4.69, 9.17) is 16.6 Å². The Morgan fingerprint density at radius 1 is 1.53 bits per heavy atom. The summed E-state index contributed by atoms with van der Waals surface area (Å²) in [6.07, 6.45) is 1.43. The number of nitrogens with one attached hydrogen (secondary N) is 1. The van der Waals surface area contributed by atoms with Crippen LogP contribution in [0, 0.1) is 18.6 Å². The van der Waals surface area contributed by atoms with Crippen molar-refractivity contribution < 1.29 is 4.42 Å². The molecule has 0 aromatic carbocycles. The topological polar surface area (TPSA) is 76.2 Å². The summed E-state index contributed by atoms with van der Waals surface area (Å²) in [6, 6.07) is 3.56. The van der Waals surface area contributed by atoms with Crippen molar-refractivity contribution in [2.75, 3.05) is 0 Å². The molecule has 0 aliphatic carbocycles. The minimum atomic E-state index is -0.353. The van der Waals surface area contributed by atoms with Gasteiger partial charge in [0.05, 0.1) is 6.21 Å². The van der Waals surface area contributed by atoms with Crippen LogP contribution >= 0.6 is 12.2 Å². The summed E-state index contributed by atoms with van der Waals surface area (Å²) in [4.78, 5) is 11.7. The lowest BCUT2D eigenvalue weighted by molar-refractivity contribution is 0.527. The molecule has 0 atom stereocenters. The van der Waals surface area contributed by atoms with Crippen LogP contribution in [0.3, 0.4) is 0 Å². The van der Waals surface area contributed by atoms with Crippen LogP contribution in [0.1, 0.15) is 17.2 Å². The zero-order valence-corrected chi connectivity index (χ0v) is 10.1. The van der Waals surface area contributed by atoms with Gasteiger partial charge in [0.25, 0.3) is 5.56 Å². The summed E-state index contributed by atoms with van der Waals surface area (Å²) < 4.78 is 6.49. The molecule has 0 unspecified atom stereocenters. The van der Waals surface area contributed by atoms with Crippen LogP contribution in [0.15, 0.2) is 26.4 Å². The first kappa shape index (κ1) is 11.5. The maximum absolute atomic E-state index is 11.7. The van der Waals surface area contributed by atoms with Crippen LogP contribution in [-0.2, 0) is 0 Å². The van der Waals surface area contributed by atoms with Gasteiger partial charge in [0.15, 0.2) is 0 Å². The molecular formula is C10H10N4O2S. The maximum atomic E-state index is 11.7.